The largest absolute Gasteiger partial charge is 0.388 e. The van der Waals surface area contributed by atoms with Gasteiger partial charge in [0.05, 0.1) is 12.2 Å². The molecular formula is C14H26O5. The van der Waals surface area contributed by atoms with E-state index >= 15 is 0 Å². The van der Waals surface area contributed by atoms with Gasteiger partial charge in [0.15, 0.2) is 6.29 Å². The third kappa shape index (κ3) is 3.67. The normalized spacial score (nSPS) is 33.2. The molecule has 5 nitrogen and oxygen atoms in total. The number of ether oxygens (including phenoxy) is 4. The molecule has 2 saturated heterocycles. The summed E-state index contributed by atoms with van der Waals surface area (Å²) in [5.41, 5.74) is -0.188. The molecule has 2 aliphatic rings. The minimum absolute atomic E-state index is 0.151. The van der Waals surface area contributed by atoms with Gasteiger partial charge < -0.3 is 24.1 Å². The van der Waals surface area contributed by atoms with Crippen molar-refractivity contribution in [1.29, 1.82) is 0 Å². The Labute approximate surface area is 115 Å². The van der Waals surface area contributed by atoms with Gasteiger partial charge in [0.2, 0.25) is 0 Å². The van der Waals surface area contributed by atoms with Crippen LogP contribution < -0.4 is 0 Å². The maximum atomic E-state index is 10.5. The Kier molecular flexibility index (Phi) is 5.59. The summed E-state index contributed by atoms with van der Waals surface area (Å²) >= 11 is 0. The van der Waals surface area contributed by atoms with Crippen molar-refractivity contribution in [3.05, 3.63) is 0 Å². The van der Waals surface area contributed by atoms with Crippen LogP contribution in [-0.2, 0) is 18.9 Å². The van der Waals surface area contributed by atoms with Crippen LogP contribution in [-0.4, -0.2) is 56.1 Å². The number of hydrogen-bond donors (Lipinski definition) is 1. The third-order valence-corrected chi connectivity index (χ3v) is 4.02. The van der Waals surface area contributed by atoms with E-state index in [0.717, 1.165) is 25.9 Å². The first-order valence-electron chi connectivity index (χ1n) is 7.34. The molecule has 0 aliphatic carbocycles. The van der Waals surface area contributed by atoms with E-state index in [4.69, 9.17) is 18.9 Å². The highest BCUT2D eigenvalue weighted by molar-refractivity contribution is 4.92. The molecule has 0 amide bonds. The molecule has 3 atom stereocenters. The minimum Gasteiger partial charge on any atom is -0.388 e. The second kappa shape index (κ2) is 6.99. The number of hydrogen-bond acceptors (Lipinski definition) is 5. The summed E-state index contributed by atoms with van der Waals surface area (Å²) in [6.45, 7) is 6.98. The lowest BCUT2D eigenvalue weighted by atomic mass is 9.82. The molecule has 3 unspecified atom stereocenters. The highest BCUT2D eigenvalue weighted by Gasteiger charge is 2.44. The Bertz CT molecular complexity index is 259. The molecule has 0 radical (unpaired) electrons. The van der Waals surface area contributed by atoms with Crippen LogP contribution in [0.5, 0.6) is 0 Å². The van der Waals surface area contributed by atoms with Crippen molar-refractivity contribution in [2.75, 3.05) is 33.0 Å². The summed E-state index contributed by atoms with van der Waals surface area (Å²) in [7, 11) is 0. The fourth-order valence-electron chi connectivity index (χ4n) is 3.02. The molecule has 0 aromatic carbocycles. The molecule has 0 aromatic rings. The zero-order valence-electron chi connectivity index (χ0n) is 12.0. The number of aliphatic hydroxyl groups excluding tert-OH is 1. The topological polar surface area (TPSA) is 57.2 Å². The van der Waals surface area contributed by atoms with Crippen molar-refractivity contribution in [1.82, 2.24) is 0 Å². The number of rotatable bonds is 6. The second-order valence-corrected chi connectivity index (χ2v) is 5.36. The first-order chi connectivity index (χ1) is 9.21. The van der Waals surface area contributed by atoms with E-state index < -0.39 is 12.4 Å². The van der Waals surface area contributed by atoms with E-state index in [9.17, 15) is 5.11 Å². The molecule has 2 aliphatic heterocycles. The van der Waals surface area contributed by atoms with Gasteiger partial charge >= 0.3 is 0 Å². The van der Waals surface area contributed by atoms with E-state index in [-0.39, 0.29) is 11.5 Å². The van der Waals surface area contributed by atoms with Crippen molar-refractivity contribution >= 4 is 0 Å². The molecule has 1 spiro atoms. The fraction of sp³-hybridized carbons (Fsp3) is 1.00. The summed E-state index contributed by atoms with van der Waals surface area (Å²) in [4.78, 5) is 0. The van der Waals surface area contributed by atoms with Crippen molar-refractivity contribution in [2.24, 2.45) is 5.92 Å². The van der Waals surface area contributed by atoms with Gasteiger partial charge in [-0.25, -0.2) is 0 Å². The maximum absolute atomic E-state index is 10.5. The molecule has 2 fully saturated rings. The van der Waals surface area contributed by atoms with Gasteiger partial charge in [-0.1, -0.05) is 0 Å². The van der Waals surface area contributed by atoms with Crippen molar-refractivity contribution in [3.63, 3.8) is 0 Å². The van der Waals surface area contributed by atoms with Crippen LogP contribution in [0.3, 0.4) is 0 Å². The average molecular weight is 274 g/mol. The van der Waals surface area contributed by atoms with Gasteiger partial charge in [0, 0.05) is 32.8 Å². The van der Waals surface area contributed by atoms with Crippen LogP contribution in [0.2, 0.25) is 0 Å². The lowest BCUT2D eigenvalue weighted by molar-refractivity contribution is -0.217. The van der Waals surface area contributed by atoms with Gasteiger partial charge in [0.1, 0.15) is 6.10 Å². The molecular weight excluding hydrogens is 248 g/mol. The van der Waals surface area contributed by atoms with Gasteiger partial charge in [-0.15, -0.1) is 0 Å². The molecule has 0 aromatic heterocycles. The first-order valence-corrected chi connectivity index (χ1v) is 7.34. The van der Waals surface area contributed by atoms with Crippen LogP contribution in [0.1, 0.15) is 33.1 Å². The Hall–Kier alpha value is -0.200. The zero-order chi connectivity index (χ0) is 13.7. The summed E-state index contributed by atoms with van der Waals surface area (Å²) in [5.74, 6) is 0.151. The van der Waals surface area contributed by atoms with Crippen molar-refractivity contribution in [3.8, 4) is 0 Å². The summed E-state index contributed by atoms with van der Waals surface area (Å²) in [6, 6.07) is 0. The second-order valence-electron chi connectivity index (χ2n) is 5.36. The van der Waals surface area contributed by atoms with E-state index in [2.05, 4.69) is 0 Å². The summed E-state index contributed by atoms with van der Waals surface area (Å²) < 4.78 is 22.3. The van der Waals surface area contributed by atoms with Crippen molar-refractivity contribution in [2.45, 2.75) is 51.1 Å². The minimum atomic E-state index is -0.596. The van der Waals surface area contributed by atoms with Gasteiger partial charge in [0.25, 0.3) is 0 Å². The standard InChI is InChI=1S/C14H26O5/c1-3-17-13(18-4-2)12(15)11-5-7-19-14(9-11)6-8-16-10-14/h11-13,15H,3-10H2,1-2H3. The van der Waals surface area contributed by atoms with E-state index in [1.54, 1.807) is 0 Å². The monoisotopic (exact) mass is 274 g/mol. The van der Waals surface area contributed by atoms with Gasteiger partial charge in [-0.3, -0.25) is 0 Å². The highest BCUT2D eigenvalue weighted by atomic mass is 16.7. The Morgan fingerprint density at radius 1 is 1.26 bits per heavy atom. The molecule has 112 valence electrons. The lowest BCUT2D eigenvalue weighted by Crippen LogP contribution is -2.47. The number of aliphatic hydroxyl groups is 1. The van der Waals surface area contributed by atoms with Crippen LogP contribution >= 0.6 is 0 Å². The third-order valence-electron chi connectivity index (χ3n) is 4.02. The summed E-state index contributed by atoms with van der Waals surface area (Å²) in [5, 5.41) is 10.5. The molecule has 2 heterocycles. The van der Waals surface area contributed by atoms with Gasteiger partial charge in [-0.2, -0.15) is 0 Å². The molecule has 2 rings (SSSR count). The van der Waals surface area contributed by atoms with Crippen LogP contribution in [0.4, 0.5) is 0 Å². The molecule has 5 heteroatoms. The summed E-state index contributed by atoms with van der Waals surface area (Å²) in [6.07, 6.45) is 1.47. The van der Waals surface area contributed by atoms with E-state index in [0.29, 0.717) is 26.4 Å². The van der Waals surface area contributed by atoms with Gasteiger partial charge in [-0.05, 0) is 32.6 Å². The maximum Gasteiger partial charge on any atom is 0.183 e. The molecule has 0 bridgehead atoms. The van der Waals surface area contributed by atoms with Crippen LogP contribution in [0, 0.1) is 5.92 Å². The van der Waals surface area contributed by atoms with Crippen molar-refractivity contribution < 1.29 is 24.1 Å². The smallest absolute Gasteiger partial charge is 0.183 e. The average Bonchev–Trinajstić information content (AvgIpc) is 2.86. The Balaban J connectivity index is 1.94. The predicted molar refractivity (Wildman–Crippen MR) is 69.9 cm³/mol. The lowest BCUT2D eigenvalue weighted by Gasteiger charge is -2.40. The SMILES string of the molecule is CCOC(OCC)C(O)C1CCOC2(CCOC2)C1. The Morgan fingerprint density at radius 3 is 2.58 bits per heavy atom. The quantitative estimate of drug-likeness (QED) is 0.741. The zero-order valence-corrected chi connectivity index (χ0v) is 12.0. The Morgan fingerprint density at radius 2 is 2.00 bits per heavy atom. The molecule has 0 saturated carbocycles. The van der Waals surface area contributed by atoms with E-state index in [1.165, 1.54) is 0 Å². The van der Waals surface area contributed by atoms with Crippen LogP contribution in [0.15, 0.2) is 0 Å². The van der Waals surface area contributed by atoms with E-state index in [1.807, 2.05) is 13.8 Å². The highest BCUT2D eigenvalue weighted by Crippen LogP contribution is 2.38. The molecule has 19 heavy (non-hydrogen) atoms. The molecule has 1 N–H and O–H groups in total. The first kappa shape index (κ1) is 15.2. The fourth-order valence-corrected chi connectivity index (χ4v) is 3.02. The van der Waals surface area contributed by atoms with Crippen LogP contribution in [0.25, 0.3) is 0 Å². The predicted octanol–water partition coefficient (Wildman–Crippen LogP) is 1.33.